The molecule has 1 amide bonds. The van der Waals surface area contributed by atoms with Crippen LogP contribution in [0.15, 0.2) is 53.4 Å². The van der Waals surface area contributed by atoms with Crippen molar-refractivity contribution in [3.8, 4) is 5.75 Å². The Bertz CT molecular complexity index is 931. The van der Waals surface area contributed by atoms with Crippen LogP contribution in [0.1, 0.15) is 6.42 Å². The largest absolute Gasteiger partial charge is 0.497 e. The Morgan fingerprint density at radius 3 is 2.46 bits per heavy atom. The first kappa shape index (κ1) is 21.7. The Morgan fingerprint density at radius 2 is 1.82 bits per heavy atom. The first-order valence-corrected chi connectivity index (χ1v) is 10.0. The molecule has 0 saturated heterocycles. The number of hydrogen-bond acceptors (Lipinski definition) is 6. The van der Waals surface area contributed by atoms with Crippen molar-refractivity contribution < 1.29 is 27.5 Å². The molecule has 0 saturated carbocycles. The summed E-state index contributed by atoms with van der Waals surface area (Å²) in [6.07, 6.45) is -0.227. The normalized spacial score (nSPS) is 10.9. The van der Waals surface area contributed by atoms with E-state index < -0.39 is 28.5 Å². The number of carbonyl (C=O) groups is 2. The van der Waals surface area contributed by atoms with Crippen molar-refractivity contribution in [2.45, 2.75) is 11.3 Å². The molecule has 28 heavy (non-hydrogen) atoms. The van der Waals surface area contributed by atoms with Crippen LogP contribution in [0, 0.1) is 0 Å². The Morgan fingerprint density at radius 1 is 1.11 bits per heavy atom. The molecule has 8 nitrogen and oxygen atoms in total. The first-order chi connectivity index (χ1) is 13.3. The molecule has 0 atom stereocenters. The molecular formula is C18H19ClN2O6S. The molecule has 0 heterocycles. The zero-order valence-electron chi connectivity index (χ0n) is 15.0. The number of amides is 1. The highest BCUT2D eigenvalue weighted by molar-refractivity contribution is 7.89. The van der Waals surface area contributed by atoms with Gasteiger partial charge in [-0.3, -0.25) is 9.59 Å². The number of hydrogen-bond donors (Lipinski definition) is 2. The fourth-order valence-electron chi connectivity index (χ4n) is 2.09. The lowest BCUT2D eigenvalue weighted by atomic mass is 10.3. The summed E-state index contributed by atoms with van der Waals surface area (Å²) in [6.45, 7) is -0.653. The molecule has 2 rings (SSSR count). The van der Waals surface area contributed by atoms with Crippen molar-refractivity contribution in [1.29, 1.82) is 0 Å². The Kier molecular flexibility index (Phi) is 7.80. The summed E-state index contributed by atoms with van der Waals surface area (Å²) in [4.78, 5) is 23.5. The van der Waals surface area contributed by atoms with Crippen molar-refractivity contribution in [2.75, 3.05) is 25.6 Å². The van der Waals surface area contributed by atoms with Crippen molar-refractivity contribution >= 4 is 39.2 Å². The molecule has 0 aliphatic heterocycles. The van der Waals surface area contributed by atoms with E-state index in [4.69, 9.17) is 21.1 Å². The van der Waals surface area contributed by atoms with Gasteiger partial charge in [-0.15, -0.1) is 0 Å². The van der Waals surface area contributed by atoms with E-state index in [0.717, 1.165) is 0 Å². The lowest BCUT2D eigenvalue weighted by Gasteiger charge is -2.08. The van der Waals surface area contributed by atoms with Crippen LogP contribution in [0.4, 0.5) is 5.69 Å². The fourth-order valence-corrected chi connectivity index (χ4v) is 3.43. The van der Waals surface area contributed by atoms with Crippen LogP contribution in [0.25, 0.3) is 0 Å². The van der Waals surface area contributed by atoms with Gasteiger partial charge in [0.25, 0.3) is 5.91 Å². The number of ether oxygens (including phenoxy) is 2. The second-order valence-corrected chi connectivity index (χ2v) is 7.75. The van der Waals surface area contributed by atoms with Crippen LogP contribution in [0.2, 0.25) is 5.02 Å². The van der Waals surface area contributed by atoms with Gasteiger partial charge in [-0.05, 0) is 42.5 Å². The third-order valence-corrected chi connectivity index (χ3v) is 5.16. The predicted molar refractivity (Wildman–Crippen MR) is 104 cm³/mol. The summed E-state index contributed by atoms with van der Waals surface area (Å²) >= 11 is 5.77. The maximum atomic E-state index is 12.1. The summed E-state index contributed by atoms with van der Waals surface area (Å²) in [5.41, 5.74) is 0.524. The molecule has 0 aromatic heterocycles. The van der Waals surface area contributed by atoms with Crippen LogP contribution in [-0.4, -0.2) is 40.6 Å². The second-order valence-electron chi connectivity index (χ2n) is 5.54. The quantitative estimate of drug-likeness (QED) is 0.594. The highest BCUT2D eigenvalue weighted by Crippen LogP contribution is 2.16. The molecule has 150 valence electrons. The molecule has 0 spiro atoms. The molecule has 0 aliphatic carbocycles. The van der Waals surface area contributed by atoms with E-state index in [2.05, 4.69) is 10.0 Å². The minimum Gasteiger partial charge on any atom is -0.497 e. The SMILES string of the molecule is COc1ccc(NC(=O)COC(=O)CCNS(=O)(=O)c2cccc(Cl)c2)cc1. The van der Waals surface area contributed by atoms with E-state index >= 15 is 0 Å². The maximum Gasteiger partial charge on any atom is 0.307 e. The molecule has 2 aromatic rings. The van der Waals surface area contributed by atoms with E-state index in [1.165, 1.54) is 25.3 Å². The molecule has 0 bridgehead atoms. The third-order valence-electron chi connectivity index (χ3n) is 3.47. The number of rotatable bonds is 9. The van der Waals surface area contributed by atoms with Gasteiger partial charge in [-0.1, -0.05) is 17.7 Å². The van der Waals surface area contributed by atoms with Gasteiger partial charge in [0.15, 0.2) is 6.61 Å². The van der Waals surface area contributed by atoms with Gasteiger partial charge in [0.05, 0.1) is 18.4 Å². The lowest BCUT2D eigenvalue weighted by molar-refractivity contribution is -0.147. The molecule has 2 aromatic carbocycles. The summed E-state index contributed by atoms with van der Waals surface area (Å²) in [7, 11) is -2.26. The first-order valence-electron chi connectivity index (χ1n) is 8.15. The second kappa shape index (κ2) is 10.1. The monoisotopic (exact) mass is 426 g/mol. The Balaban J connectivity index is 1.72. The summed E-state index contributed by atoms with van der Waals surface area (Å²) in [5, 5.41) is 2.84. The van der Waals surface area contributed by atoms with Gasteiger partial charge >= 0.3 is 5.97 Å². The average Bonchev–Trinajstić information content (AvgIpc) is 2.67. The molecule has 0 unspecified atom stereocenters. The number of anilines is 1. The van der Waals surface area contributed by atoms with Gasteiger partial charge in [0.1, 0.15) is 5.75 Å². The van der Waals surface area contributed by atoms with Gasteiger partial charge in [-0.25, -0.2) is 13.1 Å². The van der Waals surface area contributed by atoms with Gasteiger partial charge in [-0.2, -0.15) is 0 Å². The third kappa shape index (κ3) is 6.84. The van der Waals surface area contributed by atoms with Crippen LogP contribution in [0.5, 0.6) is 5.75 Å². The Labute approximate surface area is 167 Å². The predicted octanol–water partition coefficient (Wildman–Crippen LogP) is 2.20. The standard InChI is InChI=1S/C18H19ClN2O6S/c1-26-15-7-5-14(6-8-15)21-17(22)12-27-18(23)9-10-20-28(24,25)16-4-2-3-13(19)11-16/h2-8,11,20H,9-10,12H2,1H3,(H,21,22). The van der Waals surface area contributed by atoms with Crippen molar-refractivity contribution in [3.63, 3.8) is 0 Å². The van der Waals surface area contributed by atoms with Crippen molar-refractivity contribution in [2.24, 2.45) is 0 Å². The number of carbonyl (C=O) groups excluding carboxylic acids is 2. The summed E-state index contributed by atoms with van der Waals surface area (Å²) in [6, 6.07) is 12.4. The molecule has 2 N–H and O–H groups in total. The minimum atomic E-state index is -3.79. The highest BCUT2D eigenvalue weighted by atomic mass is 35.5. The van der Waals surface area contributed by atoms with Crippen molar-refractivity contribution in [3.05, 3.63) is 53.6 Å². The lowest BCUT2D eigenvalue weighted by Crippen LogP contribution is -2.28. The fraction of sp³-hybridized carbons (Fsp3) is 0.222. The highest BCUT2D eigenvalue weighted by Gasteiger charge is 2.15. The van der Waals surface area contributed by atoms with E-state index in [0.29, 0.717) is 11.4 Å². The van der Waals surface area contributed by atoms with E-state index in [-0.39, 0.29) is 22.9 Å². The number of benzene rings is 2. The average molecular weight is 427 g/mol. The van der Waals surface area contributed by atoms with Gasteiger partial charge in [0, 0.05) is 17.3 Å². The smallest absolute Gasteiger partial charge is 0.307 e. The number of sulfonamides is 1. The van der Waals surface area contributed by atoms with Crippen molar-refractivity contribution in [1.82, 2.24) is 4.72 Å². The molecule has 0 radical (unpaired) electrons. The van der Waals surface area contributed by atoms with E-state index in [1.54, 1.807) is 30.3 Å². The molecule has 0 fully saturated rings. The number of halogens is 1. The van der Waals surface area contributed by atoms with Gasteiger partial charge in [0.2, 0.25) is 10.0 Å². The molecule has 10 heteroatoms. The van der Waals surface area contributed by atoms with E-state index in [1.807, 2.05) is 0 Å². The number of methoxy groups -OCH3 is 1. The maximum absolute atomic E-state index is 12.1. The molecular weight excluding hydrogens is 408 g/mol. The van der Waals surface area contributed by atoms with Crippen LogP contribution >= 0.6 is 11.6 Å². The minimum absolute atomic E-state index is 0.00719. The van der Waals surface area contributed by atoms with Gasteiger partial charge < -0.3 is 14.8 Å². The molecule has 0 aliphatic rings. The van der Waals surface area contributed by atoms with E-state index in [9.17, 15) is 18.0 Å². The van der Waals surface area contributed by atoms with Crippen LogP contribution < -0.4 is 14.8 Å². The zero-order valence-corrected chi connectivity index (χ0v) is 16.5. The summed E-state index contributed by atoms with van der Waals surface area (Å²) in [5.74, 6) is -0.582. The number of esters is 1. The Hall–Kier alpha value is -2.62. The summed E-state index contributed by atoms with van der Waals surface area (Å²) < 4.78 is 36.3. The topological polar surface area (TPSA) is 111 Å². The zero-order chi connectivity index (χ0) is 20.6. The number of nitrogens with one attached hydrogen (secondary N) is 2. The van der Waals surface area contributed by atoms with Crippen LogP contribution in [0.3, 0.4) is 0 Å². The van der Waals surface area contributed by atoms with Crippen LogP contribution in [-0.2, 0) is 24.3 Å².